The second kappa shape index (κ2) is 13.1. The zero-order chi connectivity index (χ0) is 23.5. The first-order valence-corrected chi connectivity index (χ1v) is 11.4. The Hall–Kier alpha value is -2.61. The van der Waals surface area contributed by atoms with Gasteiger partial charge in [-0.1, -0.05) is 44.2 Å². The topological polar surface area (TPSA) is 125 Å². The molecule has 178 valence electrons. The van der Waals surface area contributed by atoms with Gasteiger partial charge in [0.2, 0.25) is 5.91 Å². The molecule has 1 aromatic rings. The van der Waals surface area contributed by atoms with Crippen LogP contribution in [0.4, 0.5) is 0 Å². The maximum Gasteiger partial charge on any atom is 0.328 e. The predicted octanol–water partition coefficient (Wildman–Crippen LogP) is 2.69. The number of carboxylic acids is 1. The molecule has 32 heavy (non-hydrogen) atoms. The molecular formula is C24H36N2O6. The van der Waals surface area contributed by atoms with E-state index in [1.165, 1.54) is 13.5 Å². The summed E-state index contributed by atoms with van der Waals surface area (Å²) in [6.07, 6.45) is 6.78. The summed E-state index contributed by atoms with van der Waals surface area (Å²) in [4.78, 5) is 36.4. The summed E-state index contributed by atoms with van der Waals surface area (Å²) in [6, 6.07) is 3.74. The number of carboxylic acid groups (broad SMARTS) is 1. The van der Waals surface area contributed by atoms with Gasteiger partial charge in [-0.05, 0) is 55.8 Å². The van der Waals surface area contributed by atoms with Crippen LogP contribution >= 0.6 is 0 Å². The molecule has 0 bridgehead atoms. The van der Waals surface area contributed by atoms with E-state index in [0.717, 1.165) is 36.8 Å². The number of ether oxygens (including phenoxy) is 1. The molecule has 1 aromatic carbocycles. The van der Waals surface area contributed by atoms with E-state index in [1.54, 1.807) is 6.07 Å². The van der Waals surface area contributed by atoms with Crippen LogP contribution in [0.25, 0.3) is 0 Å². The summed E-state index contributed by atoms with van der Waals surface area (Å²) >= 11 is 0. The molecule has 0 saturated heterocycles. The minimum Gasteiger partial charge on any atom is -0.508 e. The number of amides is 1. The average Bonchev–Trinajstić information content (AvgIpc) is 2.76. The van der Waals surface area contributed by atoms with E-state index >= 15 is 0 Å². The third-order valence-corrected chi connectivity index (χ3v) is 6.05. The lowest BCUT2D eigenvalue weighted by Crippen LogP contribution is -2.52. The number of hydrogen-bond donors (Lipinski definition) is 4. The predicted molar refractivity (Wildman–Crippen MR) is 120 cm³/mol. The Labute approximate surface area is 189 Å². The molecule has 4 N–H and O–H groups in total. The standard InChI is InChI=1S/C24H36N2O6/c1-16-10-11-18(21(27)13-16)9-6-12-25-19(15-22(28)29)23(30)26-20(24(31)32-2)14-17-7-4-3-5-8-17/h10-11,13,17,19-20,25,27H,3-9,12,14-15H2,1-2H3,(H,26,30)(H,28,29)/t19-,20-/m1/s1. The molecule has 1 aliphatic rings. The van der Waals surface area contributed by atoms with Crippen molar-refractivity contribution in [2.24, 2.45) is 5.92 Å². The fraction of sp³-hybridized carbons (Fsp3) is 0.625. The number of carbonyl (C=O) groups excluding carboxylic acids is 2. The number of phenolic OH excluding ortho intramolecular Hbond substituents is 1. The van der Waals surface area contributed by atoms with Crippen molar-refractivity contribution in [3.8, 4) is 5.75 Å². The minimum absolute atomic E-state index is 0.230. The van der Waals surface area contributed by atoms with Gasteiger partial charge in [-0.3, -0.25) is 9.59 Å². The van der Waals surface area contributed by atoms with Gasteiger partial charge in [-0.2, -0.15) is 0 Å². The summed E-state index contributed by atoms with van der Waals surface area (Å²) in [7, 11) is 1.29. The van der Waals surface area contributed by atoms with Crippen molar-refractivity contribution < 1.29 is 29.3 Å². The van der Waals surface area contributed by atoms with Crippen LogP contribution in [0, 0.1) is 12.8 Å². The highest BCUT2D eigenvalue weighted by Crippen LogP contribution is 2.27. The lowest BCUT2D eigenvalue weighted by molar-refractivity contribution is -0.146. The van der Waals surface area contributed by atoms with Gasteiger partial charge < -0.3 is 25.6 Å². The minimum atomic E-state index is -1.10. The molecule has 1 amide bonds. The van der Waals surface area contributed by atoms with Crippen LogP contribution in [-0.2, 0) is 25.5 Å². The largest absolute Gasteiger partial charge is 0.508 e. The van der Waals surface area contributed by atoms with Crippen LogP contribution < -0.4 is 10.6 Å². The highest BCUT2D eigenvalue weighted by molar-refractivity contribution is 5.90. The fourth-order valence-electron chi connectivity index (χ4n) is 4.26. The maximum atomic E-state index is 12.8. The number of aromatic hydroxyl groups is 1. The van der Waals surface area contributed by atoms with Crippen LogP contribution in [0.2, 0.25) is 0 Å². The Morgan fingerprint density at radius 1 is 1.16 bits per heavy atom. The molecule has 0 heterocycles. The van der Waals surface area contributed by atoms with Crippen LogP contribution in [0.5, 0.6) is 5.75 Å². The molecule has 2 atom stereocenters. The van der Waals surface area contributed by atoms with Gasteiger partial charge >= 0.3 is 11.9 Å². The van der Waals surface area contributed by atoms with Gasteiger partial charge in [0.1, 0.15) is 11.8 Å². The molecule has 1 aliphatic carbocycles. The van der Waals surface area contributed by atoms with Crippen LogP contribution in [0.15, 0.2) is 18.2 Å². The molecule has 0 spiro atoms. The summed E-state index contributed by atoms with van der Waals surface area (Å²) in [5, 5.41) is 25.0. The summed E-state index contributed by atoms with van der Waals surface area (Å²) < 4.78 is 4.87. The van der Waals surface area contributed by atoms with E-state index in [1.807, 2.05) is 19.1 Å². The highest BCUT2D eigenvalue weighted by Gasteiger charge is 2.30. The summed E-state index contributed by atoms with van der Waals surface area (Å²) in [5.41, 5.74) is 1.77. The van der Waals surface area contributed by atoms with Gasteiger partial charge in [0.25, 0.3) is 0 Å². The van der Waals surface area contributed by atoms with Gasteiger partial charge in [0.05, 0.1) is 19.6 Å². The van der Waals surface area contributed by atoms with Crippen LogP contribution in [-0.4, -0.2) is 53.8 Å². The number of rotatable bonds is 12. The zero-order valence-corrected chi connectivity index (χ0v) is 19.1. The number of esters is 1. The number of aryl methyl sites for hydroxylation is 2. The monoisotopic (exact) mass is 448 g/mol. The number of phenols is 1. The summed E-state index contributed by atoms with van der Waals surface area (Å²) in [6.45, 7) is 2.29. The highest BCUT2D eigenvalue weighted by atomic mass is 16.5. The lowest BCUT2D eigenvalue weighted by Gasteiger charge is -2.27. The van der Waals surface area contributed by atoms with Gasteiger partial charge in [-0.15, -0.1) is 0 Å². The second-order valence-electron chi connectivity index (χ2n) is 8.66. The molecule has 0 aromatic heterocycles. The first kappa shape index (κ1) is 25.6. The van der Waals surface area contributed by atoms with Crippen LogP contribution in [0.1, 0.15) is 62.5 Å². The third-order valence-electron chi connectivity index (χ3n) is 6.05. The number of hydrogen-bond acceptors (Lipinski definition) is 6. The molecule has 1 fully saturated rings. The molecular weight excluding hydrogens is 412 g/mol. The number of aliphatic carboxylic acids is 1. The average molecular weight is 449 g/mol. The third kappa shape index (κ3) is 8.49. The zero-order valence-electron chi connectivity index (χ0n) is 19.1. The number of benzene rings is 1. The van der Waals surface area contributed by atoms with Crippen molar-refractivity contribution in [2.45, 2.75) is 76.8 Å². The van der Waals surface area contributed by atoms with E-state index in [4.69, 9.17) is 4.74 Å². The van der Waals surface area contributed by atoms with E-state index < -0.39 is 29.9 Å². The molecule has 8 heteroatoms. The normalized spacial score (nSPS) is 16.2. The van der Waals surface area contributed by atoms with E-state index in [0.29, 0.717) is 31.7 Å². The first-order valence-electron chi connectivity index (χ1n) is 11.4. The Balaban J connectivity index is 1.92. The summed E-state index contributed by atoms with van der Waals surface area (Å²) in [5.74, 6) is -1.55. The van der Waals surface area contributed by atoms with Crippen LogP contribution in [0.3, 0.4) is 0 Å². The molecule has 0 aliphatic heterocycles. The SMILES string of the molecule is COC(=O)[C@@H](CC1CCCCC1)NC(=O)[C@@H](CC(=O)O)NCCCc1ccc(C)cc1O. The molecule has 0 radical (unpaired) electrons. The Kier molecular flexibility index (Phi) is 10.5. The van der Waals surface area contributed by atoms with Crippen molar-refractivity contribution in [1.29, 1.82) is 0 Å². The molecule has 0 unspecified atom stereocenters. The van der Waals surface area contributed by atoms with E-state index in [2.05, 4.69) is 10.6 Å². The van der Waals surface area contributed by atoms with Gasteiger partial charge in [-0.25, -0.2) is 4.79 Å². The molecule has 8 nitrogen and oxygen atoms in total. The number of methoxy groups -OCH3 is 1. The van der Waals surface area contributed by atoms with Gasteiger partial charge in [0, 0.05) is 0 Å². The van der Waals surface area contributed by atoms with E-state index in [9.17, 15) is 24.6 Å². The van der Waals surface area contributed by atoms with Crippen molar-refractivity contribution >= 4 is 17.8 Å². The van der Waals surface area contributed by atoms with Crippen molar-refractivity contribution in [3.63, 3.8) is 0 Å². The fourth-order valence-corrected chi connectivity index (χ4v) is 4.26. The van der Waals surface area contributed by atoms with Crippen molar-refractivity contribution in [2.75, 3.05) is 13.7 Å². The maximum absolute atomic E-state index is 12.8. The number of nitrogens with one attached hydrogen (secondary N) is 2. The van der Waals surface area contributed by atoms with Crippen molar-refractivity contribution in [3.05, 3.63) is 29.3 Å². The smallest absolute Gasteiger partial charge is 0.328 e. The Morgan fingerprint density at radius 3 is 2.50 bits per heavy atom. The first-order chi connectivity index (χ1) is 15.3. The Morgan fingerprint density at radius 2 is 1.88 bits per heavy atom. The molecule has 2 rings (SSSR count). The molecule has 1 saturated carbocycles. The Bertz CT molecular complexity index is 776. The van der Waals surface area contributed by atoms with E-state index in [-0.39, 0.29) is 12.2 Å². The second-order valence-corrected chi connectivity index (χ2v) is 8.66. The quantitative estimate of drug-likeness (QED) is 0.286. The number of carbonyl (C=O) groups is 3. The lowest BCUT2D eigenvalue weighted by atomic mass is 9.84. The van der Waals surface area contributed by atoms with Crippen molar-refractivity contribution in [1.82, 2.24) is 10.6 Å². The van der Waals surface area contributed by atoms with Gasteiger partial charge in [0.15, 0.2) is 0 Å².